The fraction of sp³-hybridized carbons (Fsp3) is 0.333. The zero-order valence-corrected chi connectivity index (χ0v) is 7.64. The van der Waals surface area contributed by atoms with Gasteiger partial charge in [0.05, 0.1) is 6.26 Å². The van der Waals surface area contributed by atoms with Crippen molar-refractivity contribution in [1.82, 2.24) is 10.9 Å². The van der Waals surface area contributed by atoms with Crippen molar-refractivity contribution in [3.05, 3.63) is 0 Å². The summed E-state index contributed by atoms with van der Waals surface area (Å²) in [5.74, 6) is -0.555. The Morgan fingerprint density at radius 1 is 1.23 bits per heavy atom. The molecule has 0 aliphatic heterocycles. The van der Waals surface area contributed by atoms with Crippen molar-refractivity contribution in [2.75, 3.05) is 6.26 Å². The van der Waals surface area contributed by atoms with Gasteiger partial charge in [-0.3, -0.25) is 26.2 Å². The van der Waals surface area contributed by atoms with E-state index in [1.54, 1.807) is 0 Å². The number of hydrogen-bond acceptors (Lipinski definition) is 4. The van der Waals surface area contributed by atoms with Crippen LogP contribution >= 0.6 is 0 Å². The number of rotatable bonds is 0. The molecule has 0 unspecified atom stereocenters. The lowest BCUT2D eigenvalue weighted by Crippen LogP contribution is -2.47. The molecule has 0 aromatic carbocycles. The van der Waals surface area contributed by atoms with Gasteiger partial charge in [0.25, 0.3) is 10.1 Å². The largest absolute Gasteiger partial charge is 0.369 e. The first-order valence-corrected chi connectivity index (χ1v) is 4.60. The normalized spacial score (nSPS) is 9.08. The third kappa shape index (κ3) is 62.7. The quantitative estimate of drug-likeness (QED) is 0.0992. The van der Waals surface area contributed by atoms with Crippen LogP contribution in [0.3, 0.4) is 0 Å². The summed E-state index contributed by atoms with van der Waals surface area (Å²) in [6.45, 7) is 0. The summed E-state index contributed by atoms with van der Waals surface area (Å²) >= 11 is 0. The van der Waals surface area contributed by atoms with E-state index < -0.39 is 10.1 Å². The molecule has 0 rings (SSSR count). The van der Waals surface area contributed by atoms with E-state index in [0.29, 0.717) is 6.26 Å². The van der Waals surface area contributed by atoms with Crippen molar-refractivity contribution in [3.8, 4) is 0 Å². The molecular formula is C3H12N6O3S. The summed E-state index contributed by atoms with van der Waals surface area (Å²) in [4.78, 5) is 0. The molecule has 0 amide bonds. The number of hydrazine groups is 1. The fourth-order valence-corrected chi connectivity index (χ4v) is 0.135. The summed E-state index contributed by atoms with van der Waals surface area (Å²) in [5, 5.41) is 13.1. The van der Waals surface area contributed by atoms with Gasteiger partial charge in [0, 0.05) is 0 Å². The molecule has 9 nitrogen and oxygen atoms in total. The van der Waals surface area contributed by atoms with Crippen molar-refractivity contribution in [3.63, 3.8) is 0 Å². The summed E-state index contributed by atoms with van der Waals surface area (Å²) < 4.78 is 25.9. The molecule has 0 aliphatic carbocycles. The van der Waals surface area contributed by atoms with Crippen LogP contribution in [0.15, 0.2) is 0 Å². The molecule has 0 saturated carbocycles. The van der Waals surface area contributed by atoms with Gasteiger partial charge in [0.1, 0.15) is 0 Å². The van der Waals surface area contributed by atoms with Crippen LogP contribution in [0.25, 0.3) is 0 Å². The van der Waals surface area contributed by atoms with E-state index in [1.807, 2.05) is 0 Å². The van der Waals surface area contributed by atoms with Crippen molar-refractivity contribution < 1.29 is 13.0 Å². The first-order chi connectivity index (χ1) is 5.63. The highest BCUT2D eigenvalue weighted by atomic mass is 32.2. The third-order valence-corrected chi connectivity index (χ3v) is 0.332. The molecule has 0 bridgehead atoms. The van der Waals surface area contributed by atoms with Crippen LogP contribution < -0.4 is 22.3 Å². The predicted octanol–water partition coefficient (Wildman–Crippen LogP) is -2.63. The van der Waals surface area contributed by atoms with Gasteiger partial charge in [0.15, 0.2) is 0 Å². The molecular weight excluding hydrogens is 200 g/mol. The minimum absolute atomic E-state index is 0.278. The SMILES string of the molecule is CS(=O)(=O)O.N=C(N)NNC(=N)N. The predicted molar refractivity (Wildman–Crippen MR) is 47.6 cm³/mol. The average molecular weight is 212 g/mol. The van der Waals surface area contributed by atoms with Crippen LogP contribution in [-0.4, -0.2) is 31.1 Å². The number of guanidine groups is 2. The van der Waals surface area contributed by atoms with E-state index in [0.717, 1.165) is 0 Å². The van der Waals surface area contributed by atoms with E-state index >= 15 is 0 Å². The second-order valence-corrected chi connectivity index (χ2v) is 3.28. The first kappa shape index (κ1) is 14.0. The molecule has 0 atom stereocenters. The Bertz CT molecular complexity index is 249. The Morgan fingerprint density at radius 3 is 1.46 bits per heavy atom. The van der Waals surface area contributed by atoms with Gasteiger partial charge in [-0.2, -0.15) is 8.42 Å². The maximum atomic E-state index is 9.19. The molecule has 0 saturated heterocycles. The summed E-state index contributed by atoms with van der Waals surface area (Å²) in [5.41, 5.74) is 13.8. The van der Waals surface area contributed by atoms with E-state index in [-0.39, 0.29) is 11.9 Å². The molecule has 0 spiro atoms. The lowest BCUT2D eigenvalue weighted by atomic mass is 11.0. The summed E-state index contributed by atoms with van der Waals surface area (Å²) in [7, 11) is -3.67. The monoisotopic (exact) mass is 212 g/mol. The Morgan fingerprint density at radius 2 is 1.38 bits per heavy atom. The van der Waals surface area contributed by atoms with Crippen LogP contribution in [0.2, 0.25) is 0 Å². The molecule has 0 heterocycles. The van der Waals surface area contributed by atoms with Gasteiger partial charge < -0.3 is 11.5 Å². The summed E-state index contributed by atoms with van der Waals surface area (Å²) in [6, 6.07) is 0. The zero-order valence-electron chi connectivity index (χ0n) is 6.83. The minimum Gasteiger partial charge on any atom is -0.369 e. The minimum atomic E-state index is -3.67. The van der Waals surface area contributed by atoms with Gasteiger partial charge in [-0.15, -0.1) is 0 Å². The first-order valence-electron chi connectivity index (χ1n) is 2.75. The van der Waals surface area contributed by atoms with E-state index in [9.17, 15) is 8.42 Å². The van der Waals surface area contributed by atoms with Crippen LogP contribution in [0.5, 0.6) is 0 Å². The molecule has 0 aliphatic rings. The second kappa shape index (κ2) is 6.02. The number of hydrogen-bond donors (Lipinski definition) is 7. The van der Waals surface area contributed by atoms with E-state index in [1.165, 1.54) is 0 Å². The Balaban J connectivity index is 0. The standard InChI is InChI=1S/C2H8N6.CH4O3S/c3-1(4)7-8-2(5)6;1-5(2,3)4/h(H4,3,4,7)(H4,5,6,8);1H3,(H,2,3,4). The number of nitrogens with one attached hydrogen (secondary N) is 4. The highest BCUT2D eigenvalue weighted by Crippen LogP contribution is 1.60. The Hall–Kier alpha value is -1.55. The maximum Gasteiger partial charge on any atom is 0.261 e. The highest BCUT2D eigenvalue weighted by Gasteiger charge is 1.83. The van der Waals surface area contributed by atoms with Crippen LogP contribution in [0, 0.1) is 10.8 Å². The summed E-state index contributed by atoms with van der Waals surface area (Å²) in [6.07, 6.45) is 0.715. The Kier molecular flexibility index (Phi) is 6.48. The van der Waals surface area contributed by atoms with Crippen molar-refractivity contribution >= 4 is 22.0 Å². The topological polar surface area (TPSA) is 178 Å². The van der Waals surface area contributed by atoms with Gasteiger partial charge in [0.2, 0.25) is 11.9 Å². The Labute approximate surface area is 75.2 Å². The van der Waals surface area contributed by atoms with Gasteiger partial charge in [-0.25, -0.2) is 0 Å². The number of nitrogens with two attached hydrogens (primary N) is 2. The van der Waals surface area contributed by atoms with Gasteiger partial charge in [-0.1, -0.05) is 0 Å². The molecule has 10 heteroatoms. The second-order valence-electron chi connectivity index (χ2n) is 1.81. The zero-order chi connectivity index (χ0) is 11.1. The third-order valence-electron chi connectivity index (χ3n) is 0.332. The molecule has 13 heavy (non-hydrogen) atoms. The molecule has 0 fully saturated rings. The molecule has 0 radical (unpaired) electrons. The molecule has 9 N–H and O–H groups in total. The lowest BCUT2D eigenvalue weighted by Gasteiger charge is -2.02. The van der Waals surface area contributed by atoms with Gasteiger partial charge >= 0.3 is 0 Å². The molecule has 0 aromatic rings. The van der Waals surface area contributed by atoms with Crippen molar-refractivity contribution in [2.45, 2.75) is 0 Å². The average Bonchev–Trinajstić information content (AvgIpc) is 1.79. The fourth-order valence-electron chi connectivity index (χ4n) is 0.135. The van der Waals surface area contributed by atoms with Crippen LogP contribution in [0.4, 0.5) is 0 Å². The smallest absolute Gasteiger partial charge is 0.261 e. The van der Waals surface area contributed by atoms with Crippen molar-refractivity contribution in [1.29, 1.82) is 10.8 Å². The van der Waals surface area contributed by atoms with Crippen LogP contribution in [0.1, 0.15) is 0 Å². The highest BCUT2D eigenvalue weighted by molar-refractivity contribution is 7.85. The maximum absolute atomic E-state index is 9.19. The van der Waals surface area contributed by atoms with E-state index in [2.05, 4.69) is 10.9 Å². The van der Waals surface area contributed by atoms with E-state index in [4.69, 9.17) is 26.8 Å². The molecule has 0 aromatic heterocycles. The molecule has 78 valence electrons. The lowest BCUT2D eigenvalue weighted by molar-refractivity contribution is 0.490. The van der Waals surface area contributed by atoms with Gasteiger partial charge in [-0.05, 0) is 0 Å². The van der Waals surface area contributed by atoms with Crippen molar-refractivity contribution in [2.24, 2.45) is 11.5 Å². The van der Waals surface area contributed by atoms with Crippen LogP contribution in [-0.2, 0) is 10.1 Å².